The second-order valence-electron chi connectivity index (χ2n) is 10.0. The van der Waals surface area contributed by atoms with Gasteiger partial charge >= 0.3 is 0 Å². The number of nitrogen functional groups attached to an aromatic ring is 1. The van der Waals surface area contributed by atoms with Gasteiger partial charge in [-0.3, -0.25) is 19.3 Å². The highest BCUT2D eigenvalue weighted by Crippen LogP contribution is 2.37. The van der Waals surface area contributed by atoms with Gasteiger partial charge in [0.1, 0.15) is 22.9 Å². The third kappa shape index (κ3) is 4.98. The maximum absolute atomic E-state index is 13.0. The number of nitrogens with zero attached hydrogens (tertiary/aromatic N) is 5. The van der Waals surface area contributed by atoms with Crippen LogP contribution in [-0.4, -0.2) is 56.3 Å². The van der Waals surface area contributed by atoms with Crippen molar-refractivity contribution in [3.05, 3.63) is 70.8 Å². The number of carbonyl (C=O) groups is 2. The van der Waals surface area contributed by atoms with Crippen molar-refractivity contribution in [3.8, 4) is 11.3 Å². The zero-order chi connectivity index (χ0) is 27.6. The van der Waals surface area contributed by atoms with E-state index in [4.69, 9.17) is 15.5 Å². The number of anilines is 2. The van der Waals surface area contributed by atoms with E-state index in [2.05, 4.69) is 15.3 Å². The number of rotatable bonds is 7. The molecule has 10 nitrogen and oxygen atoms in total. The molecule has 3 aromatic heterocycles. The smallest absolute Gasteiger partial charge is 0.257 e. The van der Waals surface area contributed by atoms with Gasteiger partial charge in [-0.25, -0.2) is 15.0 Å². The summed E-state index contributed by atoms with van der Waals surface area (Å²) in [4.78, 5) is 42.9. The number of thiazole rings is 1. The van der Waals surface area contributed by atoms with Gasteiger partial charge in [0.25, 0.3) is 5.91 Å². The van der Waals surface area contributed by atoms with Gasteiger partial charge in [0.05, 0.1) is 18.3 Å². The molecule has 1 aliphatic carbocycles. The molecular formula is C29H31N7O3S. The summed E-state index contributed by atoms with van der Waals surface area (Å²) in [5, 5.41) is 3.61. The van der Waals surface area contributed by atoms with Crippen LogP contribution in [-0.2, 0) is 22.4 Å². The molecule has 1 unspecified atom stereocenters. The van der Waals surface area contributed by atoms with Crippen LogP contribution in [0.25, 0.3) is 16.8 Å². The zero-order valence-electron chi connectivity index (χ0n) is 22.3. The number of methoxy groups -OCH3 is 1. The van der Waals surface area contributed by atoms with Gasteiger partial charge in [-0.2, -0.15) is 0 Å². The van der Waals surface area contributed by atoms with Crippen LogP contribution in [0.5, 0.6) is 0 Å². The summed E-state index contributed by atoms with van der Waals surface area (Å²) in [6.45, 7) is 1.03. The number of likely N-dealkylation sites (tertiary alicyclic amines) is 1. The second kappa shape index (κ2) is 11.2. The SMILES string of the molecule is COCC=CC(=O)N1CCCC1c1nc(-c2ccc(C(=O)Nc3nc4c(s3)CCCC4)cc2)c2c(N)nccn12. The monoisotopic (exact) mass is 557 g/mol. The maximum Gasteiger partial charge on any atom is 0.257 e. The molecule has 3 N–H and O–H groups in total. The number of hydrogen-bond acceptors (Lipinski definition) is 8. The molecule has 6 rings (SSSR count). The lowest BCUT2D eigenvalue weighted by molar-refractivity contribution is -0.127. The van der Waals surface area contributed by atoms with Gasteiger partial charge in [0.15, 0.2) is 5.13 Å². The predicted molar refractivity (Wildman–Crippen MR) is 154 cm³/mol. The summed E-state index contributed by atoms with van der Waals surface area (Å²) < 4.78 is 6.97. The molecule has 1 aromatic carbocycles. The van der Waals surface area contributed by atoms with Gasteiger partial charge in [-0.1, -0.05) is 18.2 Å². The lowest BCUT2D eigenvalue weighted by Crippen LogP contribution is -2.30. The zero-order valence-corrected chi connectivity index (χ0v) is 23.1. The van der Waals surface area contributed by atoms with Crippen LogP contribution in [0.3, 0.4) is 0 Å². The number of ether oxygens (including phenoxy) is 1. The number of benzene rings is 1. The molecule has 0 spiro atoms. The number of amides is 2. The van der Waals surface area contributed by atoms with E-state index < -0.39 is 0 Å². The molecule has 1 fully saturated rings. The van der Waals surface area contributed by atoms with Crippen LogP contribution in [0.4, 0.5) is 10.9 Å². The number of aryl methyl sites for hydroxylation is 2. The number of aromatic nitrogens is 4. The Balaban J connectivity index is 1.28. The van der Waals surface area contributed by atoms with Crippen molar-refractivity contribution < 1.29 is 14.3 Å². The van der Waals surface area contributed by atoms with Gasteiger partial charge in [0.2, 0.25) is 5.91 Å². The van der Waals surface area contributed by atoms with E-state index in [-0.39, 0.29) is 17.9 Å². The summed E-state index contributed by atoms with van der Waals surface area (Å²) in [6, 6.07) is 7.09. The Morgan fingerprint density at radius 3 is 2.80 bits per heavy atom. The average Bonchev–Trinajstić information content (AvgIpc) is 3.70. The highest BCUT2D eigenvalue weighted by Gasteiger charge is 2.33. The average molecular weight is 558 g/mol. The van der Waals surface area contributed by atoms with Crippen LogP contribution in [0.2, 0.25) is 0 Å². The van der Waals surface area contributed by atoms with E-state index in [9.17, 15) is 9.59 Å². The van der Waals surface area contributed by atoms with Crippen molar-refractivity contribution in [2.75, 3.05) is 31.3 Å². The lowest BCUT2D eigenvalue weighted by atomic mass is 10.0. The molecule has 0 radical (unpaired) electrons. The lowest BCUT2D eigenvalue weighted by Gasteiger charge is -2.22. The number of nitrogens with one attached hydrogen (secondary N) is 1. The molecule has 206 valence electrons. The molecule has 2 amide bonds. The van der Waals surface area contributed by atoms with Crippen LogP contribution in [0, 0.1) is 0 Å². The van der Waals surface area contributed by atoms with E-state index in [1.807, 2.05) is 27.6 Å². The highest BCUT2D eigenvalue weighted by atomic mass is 32.1. The number of fused-ring (bicyclic) bond motifs is 2. The second-order valence-corrected chi connectivity index (χ2v) is 11.1. The number of hydrogen-bond donors (Lipinski definition) is 2. The Labute approximate surface area is 235 Å². The number of imidazole rings is 1. The normalized spacial score (nSPS) is 17.0. The van der Waals surface area contributed by atoms with Crippen LogP contribution in [0.1, 0.15) is 58.5 Å². The minimum atomic E-state index is -0.198. The fraction of sp³-hybridized carbons (Fsp3) is 0.345. The van der Waals surface area contributed by atoms with E-state index in [1.54, 1.807) is 48.9 Å². The van der Waals surface area contributed by atoms with Crippen molar-refractivity contribution in [1.82, 2.24) is 24.3 Å². The molecule has 0 bridgehead atoms. The standard InChI is InChI=1S/C29H31N7O3S/c1-39-17-5-9-23(37)35-15-4-7-21(35)27-33-24(25-26(30)31-14-16-36(25)27)18-10-12-19(13-11-18)28(38)34-29-32-20-6-2-3-8-22(20)40-29/h5,9-14,16,21H,2-4,6-8,15,17H2,1H3,(H2,30,31)(H,32,34,38). The Hall–Kier alpha value is -4.09. The van der Waals surface area contributed by atoms with Crippen molar-refractivity contribution in [1.29, 1.82) is 0 Å². The molecule has 40 heavy (non-hydrogen) atoms. The molecular weight excluding hydrogens is 526 g/mol. The Morgan fingerprint density at radius 1 is 1.18 bits per heavy atom. The summed E-state index contributed by atoms with van der Waals surface area (Å²) >= 11 is 1.57. The first-order valence-electron chi connectivity index (χ1n) is 13.5. The molecule has 0 saturated carbocycles. The molecule has 2 aliphatic rings. The van der Waals surface area contributed by atoms with E-state index in [0.717, 1.165) is 49.2 Å². The fourth-order valence-electron chi connectivity index (χ4n) is 5.52. The van der Waals surface area contributed by atoms with Crippen LogP contribution in [0.15, 0.2) is 48.8 Å². The third-order valence-corrected chi connectivity index (χ3v) is 8.53. The summed E-state index contributed by atoms with van der Waals surface area (Å²) in [5.41, 5.74) is 10.1. The minimum Gasteiger partial charge on any atom is -0.382 e. The quantitative estimate of drug-likeness (QED) is 0.322. The van der Waals surface area contributed by atoms with Crippen molar-refractivity contribution >= 4 is 39.6 Å². The predicted octanol–water partition coefficient (Wildman–Crippen LogP) is 4.43. The van der Waals surface area contributed by atoms with Crippen molar-refractivity contribution in [2.45, 2.75) is 44.6 Å². The number of nitrogens with two attached hydrogens (primary N) is 1. The van der Waals surface area contributed by atoms with Crippen molar-refractivity contribution in [3.63, 3.8) is 0 Å². The molecule has 1 saturated heterocycles. The Bertz CT molecular complexity index is 1570. The van der Waals surface area contributed by atoms with Crippen LogP contribution < -0.4 is 11.1 Å². The highest BCUT2D eigenvalue weighted by molar-refractivity contribution is 7.15. The van der Waals surface area contributed by atoms with E-state index in [0.29, 0.717) is 40.9 Å². The van der Waals surface area contributed by atoms with E-state index in [1.165, 1.54) is 11.3 Å². The van der Waals surface area contributed by atoms with Gasteiger partial charge in [0, 0.05) is 48.1 Å². The largest absolute Gasteiger partial charge is 0.382 e. The molecule has 4 aromatic rings. The fourth-order valence-corrected chi connectivity index (χ4v) is 6.56. The number of carbonyl (C=O) groups excluding carboxylic acids is 2. The maximum atomic E-state index is 13.0. The first-order chi connectivity index (χ1) is 19.5. The van der Waals surface area contributed by atoms with Crippen LogP contribution >= 0.6 is 11.3 Å². The van der Waals surface area contributed by atoms with Gasteiger partial charge in [-0.15, -0.1) is 11.3 Å². The first-order valence-corrected chi connectivity index (χ1v) is 14.3. The summed E-state index contributed by atoms with van der Waals surface area (Å²) in [7, 11) is 1.59. The minimum absolute atomic E-state index is 0.0728. The van der Waals surface area contributed by atoms with Crippen molar-refractivity contribution in [2.24, 2.45) is 0 Å². The Kier molecular flexibility index (Phi) is 7.31. The summed E-state index contributed by atoms with van der Waals surface area (Å²) in [5.74, 6) is 0.813. The van der Waals surface area contributed by atoms with E-state index >= 15 is 0 Å². The first kappa shape index (κ1) is 26.1. The molecule has 1 atom stereocenters. The molecule has 11 heteroatoms. The molecule has 4 heterocycles. The van der Waals surface area contributed by atoms with Gasteiger partial charge < -0.3 is 15.4 Å². The molecule has 1 aliphatic heterocycles. The summed E-state index contributed by atoms with van der Waals surface area (Å²) in [6.07, 6.45) is 12.8. The Morgan fingerprint density at radius 2 is 2.00 bits per heavy atom. The van der Waals surface area contributed by atoms with Gasteiger partial charge in [-0.05, 0) is 50.7 Å². The third-order valence-electron chi connectivity index (χ3n) is 7.45. The topological polar surface area (TPSA) is 128 Å².